The van der Waals surface area contributed by atoms with Crippen LogP contribution < -0.4 is 0 Å². The van der Waals surface area contributed by atoms with Crippen molar-refractivity contribution in [2.75, 3.05) is 0 Å². The Kier molecular flexibility index (Phi) is 5.31. The number of halogens is 2. The fraction of sp³-hybridized carbons (Fsp3) is 0.0588. The zero-order chi connectivity index (χ0) is 17.3. The molecule has 0 spiro atoms. The minimum Gasteiger partial charge on any atom is -0.507 e. The summed E-state index contributed by atoms with van der Waals surface area (Å²) in [4.78, 5) is 26.4. The first kappa shape index (κ1) is 17.5. The van der Waals surface area contributed by atoms with Gasteiger partial charge in [-0.1, -0.05) is 40.2 Å². The number of aromatic hydroxyl groups is 1. The largest absolute Gasteiger partial charge is 0.507 e. The van der Waals surface area contributed by atoms with Crippen molar-refractivity contribution in [3.8, 4) is 5.75 Å². The predicted molar refractivity (Wildman–Crippen MR) is 106 cm³/mol. The van der Waals surface area contributed by atoms with E-state index >= 15 is 0 Å². The molecule has 1 aliphatic rings. The van der Waals surface area contributed by atoms with Crippen molar-refractivity contribution in [1.82, 2.24) is 4.90 Å². The van der Waals surface area contributed by atoms with E-state index in [2.05, 4.69) is 15.9 Å². The summed E-state index contributed by atoms with van der Waals surface area (Å²) in [7, 11) is 0. The van der Waals surface area contributed by atoms with E-state index in [1.807, 2.05) is 46.9 Å². The van der Waals surface area contributed by atoms with Gasteiger partial charge in [-0.3, -0.25) is 14.5 Å². The first-order valence-corrected chi connectivity index (χ1v) is 9.62. The molecule has 2 aromatic carbocycles. The van der Waals surface area contributed by atoms with Gasteiger partial charge in [0.05, 0.1) is 15.0 Å². The Morgan fingerprint density at radius 1 is 1.21 bits per heavy atom. The molecule has 0 aromatic heterocycles. The maximum absolute atomic E-state index is 12.5. The van der Waals surface area contributed by atoms with E-state index in [9.17, 15) is 14.7 Å². The van der Waals surface area contributed by atoms with Crippen LogP contribution >= 0.6 is 50.3 Å². The summed E-state index contributed by atoms with van der Waals surface area (Å²) < 4.78 is 1.55. The van der Waals surface area contributed by atoms with Crippen LogP contribution in [0.4, 0.5) is 4.79 Å². The van der Waals surface area contributed by atoms with Gasteiger partial charge in [-0.2, -0.15) is 0 Å². The summed E-state index contributed by atoms with van der Waals surface area (Å²) in [5.74, 6) is -0.112. The lowest BCUT2D eigenvalue weighted by atomic mass is 10.2. The molecule has 0 radical (unpaired) electrons. The topological polar surface area (TPSA) is 57.6 Å². The molecule has 0 atom stereocenters. The van der Waals surface area contributed by atoms with Gasteiger partial charge in [0.1, 0.15) is 5.75 Å². The predicted octanol–water partition coefficient (Wildman–Crippen LogP) is 5.00. The smallest absolute Gasteiger partial charge is 0.293 e. The molecule has 0 unspecified atom stereocenters. The van der Waals surface area contributed by atoms with Gasteiger partial charge in [-0.05, 0) is 69.8 Å². The van der Waals surface area contributed by atoms with E-state index in [4.69, 9.17) is 0 Å². The fourth-order valence-corrected chi connectivity index (χ4v) is 3.99. The third-order valence-electron chi connectivity index (χ3n) is 3.43. The zero-order valence-corrected chi connectivity index (χ0v) is 16.8. The lowest BCUT2D eigenvalue weighted by Gasteiger charge is -2.13. The molecule has 0 aliphatic carbocycles. The molecule has 0 bridgehead atoms. The number of imide groups is 1. The first-order valence-electron chi connectivity index (χ1n) is 6.93. The highest BCUT2D eigenvalue weighted by Gasteiger charge is 2.35. The lowest BCUT2D eigenvalue weighted by Crippen LogP contribution is -2.27. The van der Waals surface area contributed by atoms with Gasteiger partial charge >= 0.3 is 0 Å². The van der Waals surface area contributed by atoms with E-state index in [0.29, 0.717) is 8.48 Å². The summed E-state index contributed by atoms with van der Waals surface area (Å²) in [6.45, 7) is 0.233. The number of carbonyl (C=O) groups excluding carboxylic acids is 2. The molecule has 7 heteroatoms. The highest BCUT2D eigenvalue weighted by molar-refractivity contribution is 14.1. The Balaban J connectivity index is 1.84. The van der Waals surface area contributed by atoms with Gasteiger partial charge < -0.3 is 5.11 Å². The van der Waals surface area contributed by atoms with Crippen LogP contribution in [-0.2, 0) is 11.3 Å². The van der Waals surface area contributed by atoms with Gasteiger partial charge in [-0.15, -0.1) is 0 Å². The van der Waals surface area contributed by atoms with E-state index < -0.39 is 0 Å². The third-order valence-corrected chi connectivity index (χ3v) is 5.97. The van der Waals surface area contributed by atoms with Gasteiger partial charge in [0.15, 0.2) is 0 Å². The average molecular weight is 516 g/mol. The first-order chi connectivity index (χ1) is 11.5. The standard InChI is InChI=1S/C17H11BrINO3S/c18-12-4-2-1-3-11(12)9-20-16(22)15(24-17(20)23)8-10-5-6-14(21)13(19)7-10/h1-8,21H,9H2/b15-8-. The van der Waals surface area contributed by atoms with Crippen molar-refractivity contribution in [2.24, 2.45) is 0 Å². The van der Waals surface area contributed by atoms with Gasteiger partial charge in [0, 0.05) is 4.47 Å². The third kappa shape index (κ3) is 3.68. The Bertz CT molecular complexity index is 869. The summed E-state index contributed by atoms with van der Waals surface area (Å²) in [5.41, 5.74) is 1.64. The minimum atomic E-state index is -0.302. The van der Waals surface area contributed by atoms with Gasteiger partial charge in [-0.25, -0.2) is 0 Å². The normalized spacial score (nSPS) is 16.2. The number of hydrogen-bond acceptors (Lipinski definition) is 4. The Morgan fingerprint density at radius 2 is 1.96 bits per heavy atom. The van der Waals surface area contributed by atoms with Crippen molar-refractivity contribution in [3.05, 3.63) is 66.5 Å². The number of phenolic OH excluding ortho intramolecular Hbond substituents is 1. The van der Waals surface area contributed by atoms with E-state index in [1.54, 1.807) is 24.3 Å². The van der Waals surface area contributed by atoms with Crippen molar-refractivity contribution >= 4 is 67.5 Å². The van der Waals surface area contributed by atoms with E-state index in [-0.39, 0.29) is 23.4 Å². The molecule has 0 saturated carbocycles. The fourth-order valence-electron chi connectivity index (χ4n) is 2.20. The molecule has 1 N–H and O–H groups in total. The molecule has 2 aromatic rings. The van der Waals surface area contributed by atoms with Crippen molar-refractivity contribution in [1.29, 1.82) is 0 Å². The Labute approximate surface area is 165 Å². The molecule has 1 heterocycles. The molecule has 24 heavy (non-hydrogen) atoms. The summed E-state index contributed by atoms with van der Waals surface area (Å²) in [5, 5.41) is 9.28. The number of benzene rings is 2. The van der Waals surface area contributed by atoms with Crippen LogP contribution in [-0.4, -0.2) is 21.2 Å². The molecular weight excluding hydrogens is 505 g/mol. The second-order valence-corrected chi connectivity index (χ2v) is 8.08. The number of hydrogen-bond donors (Lipinski definition) is 1. The van der Waals surface area contributed by atoms with Crippen molar-refractivity contribution in [2.45, 2.75) is 6.54 Å². The SMILES string of the molecule is O=C1S/C(=C\c2ccc(O)c(I)c2)C(=O)N1Cc1ccccc1Br. The minimum absolute atomic E-state index is 0.190. The van der Waals surface area contributed by atoms with Crippen molar-refractivity contribution in [3.63, 3.8) is 0 Å². The number of nitrogens with zero attached hydrogens (tertiary/aromatic N) is 1. The zero-order valence-electron chi connectivity index (χ0n) is 12.2. The highest BCUT2D eigenvalue weighted by atomic mass is 127. The summed E-state index contributed by atoms with van der Waals surface area (Å²) in [6.07, 6.45) is 1.67. The molecule has 1 saturated heterocycles. The van der Waals surface area contributed by atoms with Crippen LogP contribution in [0.2, 0.25) is 0 Å². The second kappa shape index (κ2) is 7.28. The van der Waals surface area contributed by atoms with Crippen LogP contribution in [0.25, 0.3) is 6.08 Å². The van der Waals surface area contributed by atoms with Crippen molar-refractivity contribution < 1.29 is 14.7 Å². The number of thioether (sulfide) groups is 1. The van der Waals surface area contributed by atoms with Crippen LogP contribution in [0.1, 0.15) is 11.1 Å². The van der Waals surface area contributed by atoms with Gasteiger partial charge in [0.25, 0.3) is 11.1 Å². The monoisotopic (exact) mass is 515 g/mol. The Morgan fingerprint density at radius 3 is 2.67 bits per heavy atom. The van der Waals surface area contributed by atoms with Crippen LogP contribution in [0.5, 0.6) is 5.75 Å². The van der Waals surface area contributed by atoms with Crippen LogP contribution in [0, 0.1) is 3.57 Å². The molecule has 3 rings (SSSR count). The maximum atomic E-state index is 12.5. The molecular formula is C17H11BrINO3S. The molecule has 2 amide bonds. The summed E-state index contributed by atoms with van der Waals surface area (Å²) >= 11 is 6.38. The van der Waals surface area contributed by atoms with E-state index in [1.165, 1.54) is 4.90 Å². The van der Waals surface area contributed by atoms with Crippen LogP contribution in [0.15, 0.2) is 51.8 Å². The molecule has 1 aliphatic heterocycles. The average Bonchev–Trinajstić information content (AvgIpc) is 2.80. The second-order valence-electron chi connectivity index (χ2n) is 5.07. The quantitative estimate of drug-likeness (QED) is 0.462. The number of amides is 2. The molecule has 1 fully saturated rings. The molecule has 4 nitrogen and oxygen atoms in total. The van der Waals surface area contributed by atoms with E-state index in [0.717, 1.165) is 27.4 Å². The Hall–Kier alpha value is -1.32. The van der Waals surface area contributed by atoms with Gasteiger partial charge in [0.2, 0.25) is 0 Å². The maximum Gasteiger partial charge on any atom is 0.293 e. The highest BCUT2D eigenvalue weighted by Crippen LogP contribution is 2.34. The number of phenols is 1. The van der Waals surface area contributed by atoms with Crippen LogP contribution in [0.3, 0.4) is 0 Å². The number of carbonyl (C=O) groups is 2. The lowest BCUT2D eigenvalue weighted by molar-refractivity contribution is -0.123. The summed E-state index contributed by atoms with van der Waals surface area (Å²) in [6, 6.07) is 12.5. The molecule has 122 valence electrons. The number of rotatable bonds is 3.